The van der Waals surface area contributed by atoms with E-state index < -0.39 is 10.0 Å². The van der Waals surface area contributed by atoms with E-state index in [2.05, 4.69) is 10.0 Å². The minimum Gasteiger partial charge on any atom is -0.492 e. The van der Waals surface area contributed by atoms with E-state index in [1.807, 2.05) is 18.2 Å². The van der Waals surface area contributed by atoms with Crippen LogP contribution in [0.3, 0.4) is 0 Å². The molecule has 0 heterocycles. The van der Waals surface area contributed by atoms with Gasteiger partial charge in [-0.2, -0.15) is 0 Å². The second-order valence-electron chi connectivity index (χ2n) is 5.22. The molecule has 0 spiro atoms. The Morgan fingerprint density at radius 1 is 1.12 bits per heavy atom. The largest absolute Gasteiger partial charge is 0.492 e. The van der Waals surface area contributed by atoms with Gasteiger partial charge in [0, 0.05) is 19.2 Å². The Hall–Kier alpha value is -2.38. The Kier molecular flexibility index (Phi) is 5.94. The molecule has 0 radical (unpaired) electrons. The molecule has 128 valence electrons. The fourth-order valence-electron chi connectivity index (χ4n) is 2.11. The lowest BCUT2D eigenvalue weighted by Gasteiger charge is -2.12. The Morgan fingerprint density at radius 3 is 2.50 bits per heavy atom. The fourth-order valence-corrected chi connectivity index (χ4v) is 3.39. The Balaban J connectivity index is 2.00. The van der Waals surface area contributed by atoms with Crippen LogP contribution < -0.4 is 14.8 Å². The summed E-state index contributed by atoms with van der Waals surface area (Å²) in [6, 6.07) is 13.9. The lowest BCUT2D eigenvalue weighted by molar-refractivity contribution is -0.114. The van der Waals surface area contributed by atoms with Crippen LogP contribution in [0.1, 0.15) is 12.5 Å². The summed E-state index contributed by atoms with van der Waals surface area (Å²) in [6.07, 6.45) is 0. The first kappa shape index (κ1) is 18.0. The second kappa shape index (κ2) is 7.94. The van der Waals surface area contributed by atoms with E-state index in [-0.39, 0.29) is 24.0 Å². The second-order valence-corrected chi connectivity index (χ2v) is 6.96. The highest BCUT2D eigenvalue weighted by Crippen LogP contribution is 2.20. The van der Waals surface area contributed by atoms with Crippen LogP contribution in [-0.4, -0.2) is 27.5 Å². The maximum Gasteiger partial charge on any atom is 0.241 e. The number of hydrogen-bond acceptors (Lipinski definition) is 4. The quantitative estimate of drug-likeness (QED) is 0.752. The lowest BCUT2D eigenvalue weighted by atomic mass is 10.2. The summed E-state index contributed by atoms with van der Waals surface area (Å²) < 4.78 is 32.8. The predicted octanol–water partition coefficient (Wildman–Crippen LogP) is 2.31. The monoisotopic (exact) mass is 348 g/mol. The fraction of sp³-hybridized carbons (Fsp3) is 0.235. The van der Waals surface area contributed by atoms with E-state index in [9.17, 15) is 13.2 Å². The third-order valence-corrected chi connectivity index (χ3v) is 4.81. The molecule has 0 aliphatic heterocycles. The standard InChI is InChI=1S/C17H20N2O4S/c1-13-8-9-15(19-14(2)20)12-17(13)24(21,22)18-10-11-23-16-6-4-3-5-7-16/h3-9,12,18H,10-11H2,1-2H3,(H,19,20). The van der Waals surface area contributed by atoms with Crippen molar-refractivity contribution < 1.29 is 17.9 Å². The van der Waals surface area contributed by atoms with Crippen molar-refractivity contribution in [3.63, 3.8) is 0 Å². The predicted molar refractivity (Wildman–Crippen MR) is 92.6 cm³/mol. The van der Waals surface area contributed by atoms with E-state index >= 15 is 0 Å². The van der Waals surface area contributed by atoms with Crippen LogP contribution in [0.15, 0.2) is 53.4 Å². The molecule has 24 heavy (non-hydrogen) atoms. The molecule has 0 saturated heterocycles. The molecule has 2 aromatic carbocycles. The number of amides is 1. The number of nitrogens with one attached hydrogen (secondary N) is 2. The van der Waals surface area contributed by atoms with Crippen LogP contribution in [0.5, 0.6) is 5.75 Å². The van der Waals surface area contributed by atoms with Crippen LogP contribution in [0.2, 0.25) is 0 Å². The summed E-state index contributed by atoms with van der Waals surface area (Å²) in [5.74, 6) is 0.423. The van der Waals surface area contributed by atoms with Crippen LogP contribution >= 0.6 is 0 Å². The first-order valence-electron chi connectivity index (χ1n) is 7.44. The van der Waals surface area contributed by atoms with Crippen molar-refractivity contribution >= 4 is 21.6 Å². The van der Waals surface area contributed by atoms with Gasteiger partial charge in [0.05, 0.1) is 4.90 Å². The zero-order valence-electron chi connectivity index (χ0n) is 13.6. The lowest BCUT2D eigenvalue weighted by Crippen LogP contribution is -2.29. The van der Waals surface area contributed by atoms with E-state index in [4.69, 9.17) is 4.74 Å². The molecule has 0 fully saturated rings. The van der Waals surface area contributed by atoms with Gasteiger partial charge in [0.15, 0.2) is 0 Å². The number of benzene rings is 2. The molecule has 0 atom stereocenters. The zero-order chi connectivity index (χ0) is 17.6. The third kappa shape index (κ3) is 5.07. The van der Waals surface area contributed by atoms with Crippen LogP contribution in [-0.2, 0) is 14.8 Å². The molecular weight excluding hydrogens is 328 g/mol. The van der Waals surface area contributed by atoms with Gasteiger partial charge in [0.1, 0.15) is 12.4 Å². The van der Waals surface area contributed by atoms with Gasteiger partial charge < -0.3 is 10.1 Å². The Bertz CT molecular complexity index is 805. The van der Waals surface area contributed by atoms with E-state index in [0.717, 1.165) is 0 Å². The molecule has 2 N–H and O–H groups in total. The number of sulfonamides is 1. The molecule has 7 heteroatoms. The molecule has 0 aromatic heterocycles. The average molecular weight is 348 g/mol. The minimum atomic E-state index is -3.68. The van der Waals surface area contributed by atoms with Gasteiger partial charge in [0.25, 0.3) is 0 Å². The Morgan fingerprint density at radius 2 is 1.83 bits per heavy atom. The first-order chi connectivity index (χ1) is 11.4. The number of ether oxygens (including phenoxy) is 1. The smallest absolute Gasteiger partial charge is 0.241 e. The molecule has 0 unspecified atom stereocenters. The van der Waals surface area contributed by atoms with Crippen molar-refractivity contribution in [3.05, 3.63) is 54.1 Å². The number of para-hydroxylation sites is 1. The summed E-state index contributed by atoms with van der Waals surface area (Å²) >= 11 is 0. The number of hydrogen-bond donors (Lipinski definition) is 2. The molecule has 0 aliphatic rings. The van der Waals surface area contributed by atoms with Crippen LogP contribution in [0, 0.1) is 6.92 Å². The molecule has 2 aromatic rings. The van der Waals surface area contributed by atoms with Gasteiger partial charge in [-0.05, 0) is 36.8 Å². The van der Waals surface area contributed by atoms with Crippen molar-refractivity contribution in [3.8, 4) is 5.75 Å². The van der Waals surface area contributed by atoms with Crippen molar-refractivity contribution in [1.82, 2.24) is 4.72 Å². The SMILES string of the molecule is CC(=O)Nc1ccc(C)c(S(=O)(=O)NCCOc2ccccc2)c1. The van der Waals surface area contributed by atoms with Gasteiger partial charge in [0.2, 0.25) is 15.9 Å². The summed E-state index contributed by atoms with van der Waals surface area (Å²) in [5.41, 5.74) is 1.04. The van der Waals surface area contributed by atoms with Crippen molar-refractivity contribution in [1.29, 1.82) is 0 Å². The first-order valence-corrected chi connectivity index (χ1v) is 8.92. The average Bonchev–Trinajstić information content (AvgIpc) is 2.54. The molecule has 0 saturated carbocycles. The van der Waals surface area contributed by atoms with Gasteiger partial charge in [-0.15, -0.1) is 0 Å². The maximum atomic E-state index is 12.4. The van der Waals surface area contributed by atoms with Gasteiger partial charge in [-0.25, -0.2) is 13.1 Å². The number of anilines is 1. The normalized spacial score (nSPS) is 11.1. The van der Waals surface area contributed by atoms with Crippen molar-refractivity contribution in [2.24, 2.45) is 0 Å². The van der Waals surface area contributed by atoms with Gasteiger partial charge in [-0.1, -0.05) is 24.3 Å². The highest BCUT2D eigenvalue weighted by molar-refractivity contribution is 7.89. The summed E-state index contributed by atoms with van der Waals surface area (Å²) in [6.45, 7) is 3.43. The maximum absolute atomic E-state index is 12.4. The van der Waals surface area contributed by atoms with Gasteiger partial charge >= 0.3 is 0 Å². The van der Waals surface area contributed by atoms with E-state index in [1.165, 1.54) is 13.0 Å². The third-order valence-electron chi connectivity index (χ3n) is 3.20. The summed E-state index contributed by atoms with van der Waals surface area (Å²) in [4.78, 5) is 11.2. The van der Waals surface area contributed by atoms with Crippen molar-refractivity contribution in [2.45, 2.75) is 18.7 Å². The molecule has 0 aliphatic carbocycles. The summed E-state index contributed by atoms with van der Waals surface area (Å²) in [7, 11) is -3.68. The highest BCUT2D eigenvalue weighted by atomic mass is 32.2. The number of rotatable bonds is 7. The number of aryl methyl sites for hydroxylation is 1. The number of carbonyl (C=O) groups is 1. The topological polar surface area (TPSA) is 84.5 Å². The van der Waals surface area contributed by atoms with Gasteiger partial charge in [-0.3, -0.25) is 4.79 Å². The van der Waals surface area contributed by atoms with E-state index in [0.29, 0.717) is 17.0 Å². The number of carbonyl (C=O) groups excluding carboxylic acids is 1. The molecular formula is C17H20N2O4S. The highest BCUT2D eigenvalue weighted by Gasteiger charge is 2.17. The molecule has 6 nitrogen and oxygen atoms in total. The summed E-state index contributed by atoms with van der Waals surface area (Å²) in [5, 5.41) is 2.58. The Labute approximate surface area is 141 Å². The van der Waals surface area contributed by atoms with E-state index in [1.54, 1.807) is 31.2 Å². The minimum absolute atomic E-state index is 0.133. The van der Waals surface area contributed by atoms with Crippen LogP contribution in [0.25, 0.3) is 0 Å². The van der Waals surface area contributed by atoms with Crippen molar-refractivity contribution in [2.75, 3.05) is 18.5 Å². The zero-order valence-corrected chi connectivity index (χ0v) is 14.4. The molecule has 0 bridgehead atoms. The molecule has 2 rings (SSSR count). The van der Waals surface area contributed by atoms with Crippen LogP contribution in [0.4, 0.5) is 5.69 Å². The molecule has 1 amide bonds.